The van der Waals surface area contributed by atoms with Crippen LogP contribution in [-0.2, 0) is 6.42 Å². The van der Waals surface area contributed by atoms with Crippen molar-refractivity contribution in [1.82, 2.24) is 0 Å². The first-order valence-electron chi connectivity index (χ1n) is 6.21. The van der Waals surface area contributed by atoms with E-state index in [4.69, 9.17) is 11.6 Å². The van der Waals surface area contributed by atoms with Crippen LogP contribution in [0.15, 0.2) is 18.2 Å². The van der Waals surface area contributed by atoms with Crippen molar-refractivity contribution in [3.63, 3.8) is 0 Å². The van der Waals surface area contributed by atoms with E-state index in [2.05, 4.69) is 0 Å². The molecule has 0 aromatic heterocycles. The molecule has 0 heterocycles. The Morgan fingerprint density at radius 1 is 1.12 bits per heavy atom. The van der Waals surface area contributed by atoms with Gasteiger partial charge in [-0.05, 0) is 61.1 Å². The Morgan fingerprint density at radius 2 is 1.82 bits per heavy atom. The highest BCUT2D eigenvalue weighted by atomic mass is 35.5. The van der Waals surface area contributed by atoms with Crippen LogP contribution >= 0.6 is 11.6 Å². The second kappa shape index (κ2) is 4.24. The van der Waals surface area contributed by atoms with Crippen LogP contribution in [0.2, 0.25) is 0 Å². The summed E-state index contributed by atoms with van der Waals surface area (Å²) < 4.78 is 25.8. The maximum Gasteiger partial charge on any atom is 0.159 e. The fourth-order valence-corrected chi connectivity index (χ4v) is 3.50. The number of fused-ring (bicyclic) bond motifs is 1. The molecule has 1 aromatic carbocycles. The monoisotopic (exact) mass is 256 g/mol. The standard InChI is InChI=1S/C14H15ClF2/c15-12(11-6-9-5-10(9)7-11)3-8-1-2-13(16)14(17)4-8/h1-2,4,9-12H,3,5-7H2. The third-order valence-electron chi connectivity index (χ3n) is 4.21. The zero-order chi connectivity index (χ0) is 12.0. The van der Waals surface area contributed by atoms with Crippen molar-refractivity contribution < 1.29 is 8.78 Å². The smallest absolute Gasteiger partial charge is 0.159 e. The molecule has 0 N–H and O–H groups in total. The van der Waals surface area contributed by atoms with Crippen molar-refractivity contribution >= 4 is 11.6 Å². The Hall–Kier alpha value is -0.630. The van der Waals surface area contributed by atoms with Gasteiger partial charge in [-0.1, -0.05) is 6.07 Å². The van der Waals surface area contributed by atoms with Gasteiger partial charge in [-0.3, -0.25) is 0 Å². The second-order valence-electron chi connectivity index (χ2n) is 5.46. The lowest BCUT2D eigenvalue weighted by Gasteiger charge is -2.18. The molecule has 2 aliphatic carbocycles. The highest BCUT2D eigenvalue weighted by Gasteiger charge is 2.47. The van der Waals surface area contributed by atoms with Gasteiger partial charge in [0.1, 0.15) is 0 Å². The van der Waals surface area contributed by atoms with E-state index in [0.717, 1.165) is 17.4 Å². The Morgan fingerprint density at radius 3 is 2.47 bits per heavy atom. The van der Waals surface area contributed by atoms with Gasteiger partial charge in [-0.15, -0.1) is 11.6 Å². The van der Waals surface area contributed by atoms with Crippen LogP contribution in [-0.4, -0.2) is 5.38 Å². The Kier molecular flexibility index (Phi) is 2.86. The van der Waals surface area contributed by atoms with Gasteiger partial charge < -0.3 is 0 Å². The molecule has 3 heteroatoms. The van der Waals surface area contributed by atoms with Crippen LogP contribution in [0, 0.1) is 29.4 Å². The fraction of sp³-hybridized carbons (Fsp3) is 0.571. The van der Waals surface area contributed by atoms with Crippen LogP contribution in [0.25, 0.3) is 0 Å². The van der Waals surface area contributed by atoms with E-state index in [-0.39, 0.29) is 5.38 Å². The Balaban J connectivity index is 1.63. The largest absolute Gasteiger partial charge is 0.204 e. The number of hydrogen-bond donors (Lipinski definition) is 0. The van der Waals surface area contributed by atoms with Gasteiger partial charge in [-0.25, -0.2) is 8.78 Å². The van der Waals surface area contributed by atoms with Crippen molar-refractivity contribution in [1.29, 1.82) is 0 Å². The van der Waals surface area contributed by atoms with Crippen LogP contribution in [0.1, 0.15) is 24.8 Å². The molecule has 0 amide bonds. The van der Waals surface area contributed by atoms with Crippen molar-refractivity contribution in [3.05, 3.63) is 35.4 Å². The molecule has 17 heavy (non-hydrogen) atoms. The van der Waals surface area contributed by atoms with E-state index in [1.165, 1.54) is 31.4 Å². The minimum Gasteiger partial charge on any atom is -0.204 e. The number of hydrogen-bond acceptors (Lipinski definition) is 0. The second-order valence-corrected chi connectivity index (χ2v) is 6.02. The van der Waals surface area contributed by atoms with Crippen LogP contribution in [0.5, 0.6) is 0 Å². The minimum absolute atomic E-state index is 0.0626. The summed E-state index contributed by atoms with van der Waals surface area (Å²) in [7, 11) is 0. The molecule has 0 aliphatic heterocycles. The predicted molar refractivity (Wildman–Crippen MR) is 64.0 cm³/mol. The van der Waals surface area contributed by atoms with E-state index in [0.29, 0.717) is 12.3 Å². The molecule has 2 fully saturated rings. The molecule has 0 radical (unpaired) electrons. The summed E-state index contributed by atoms with van der Waals surface area (Å²) in [6.07, 6.45) is 4.47. The molecule has 0 bridgehead atoms. The van der Waals surface area contributed by atoms with Crippen LogP contribution in [0.4, 0.5) is 8.78 Å². The van der Waals surface area contributed by atoms with Gasteiger partial charge in [0.05, 0.1) is 0 Å². The first kappa shape index (κ1) is 11.5. The summed E-state index contributed by atoms with van der Waals surface area (Å²) in [4.78, 5) is 0. The van der Waals surface area contributed by atoms with Crippen LogP contribution in [0.3, 0.4) is 0 Å². The number of rotatable bonds is 3. The highest BCUT2D eigenvalue weighted by molar-refractivity contribution is 6.20. The van der Waals surface area contributed by atoms with Crippen molar-refractivity contribution in [3.8, 4) is 0 Å². The van der Waals surface area contributed by atoms with E-state index in [1.54, 1.807) is 6.07 Å². The molecule has 1 aromatic rings. The maximum absolute atomic E-state index is 13.1. The quantitative estimate of drug-likeness (QED) is 0.713. The molecule has 0 saturated heterocycles. The molecular weight excluding hydrogens is 242 g/mol. The normalized spacial score (nSPS) is 32.3. The lowest BCUT2D eigenvalue weighted by Crippen LogP contribution is -2.16. The summed E-state index contributed by atoms with van der Waals surface area (Å²) in [5.74, 6) is 0.813. The lowest BCUT2D eigenvalue weighted by molar-refractivity contribution is 0.458. The average Bonchev–Trinajstić information content (AvgIpc) is 2.91. The lowest BCUT2D eigenvalue weighted by atomic mass is 9.94. The topological polar surface area (TPSA) is 0 Å². The summed E-state index contributed by atoms with van der Waals surface area (Å²) in [5.41, 5.74) is 0.796. The third kappa shape index (κ3) is 2.33. The van der Waals surface area contributed by atoms with E-state index in [1.807, 2.05) is 0 Å². The number of alkyl halides is 1. The highest BCUT2D eigenvalue weighted by Crippen LogP contribution is 2.56. The fourth-order valence-electron chi connectivity index (χ4n) is 3.12. The third-order valence-corrected chi connectivity index (χ3v) is 4.72. The van der Waals surface area contributed by atoms with Gasteiger partial charge >= 0.3 is 0 Å². The zero-order valence-electron chi connectivity index (χ0n) is 9.50. The van der Waals surface area contributed by atoms with E-state index in [9.17, 15) is 8.78 Å². The molecule has 3 rings (SSSR count). The van der Waals surface area contributed by atoms with Gasteiger partial charge in [0.2, 0.25) is 0 Å². The van der Waals surface area contributed by atoms with E-state index >= 15 is 0 Å². The molecule has 2 aliphatic rings. The molecular formula is C14H15ClF2. The molecule has 92 valence electrons. The van der Waals surface area contributed by atoms with Crippen LogP contribution < -0.4 is 0 Å². The predicted octanol–water partition coefficient (Wildman–Crippen LogP) is 4.16. The molecule has 3 unspecified atom stereocenters. The molecule has 3 atom stereocenters. The maximum atomic E-state index is 13.1. The van der Waals surface area contributed by atoms with Gasteiger partial charge in [0.25, 0.3) is 0 Å². The van der Waals surface area contributed by atoms with Gasteiger partial charge in [0, 0.05) is 5.38 Å². The molecule has 2 saturated carbocycles. The van der Waals surface area contributed by atoms with Crippen molar-refractivity contribution in [2.24, 2.45) is 17.8 Å². The summed E-state index contributed by atoms with van der Waals surface area (Å²) in [6.45, 7) is 0. The number of halogens is 3. The molecule has 0 spiro atoms. The summed E-state index contributed by atoms with van der Waals surface area (Å²) >= 11 is 6.38. The van der Waals surface area contributed by atoms with E-state index < -0.39 is 11.6 Å². The van der Waals surface area contributed by atoms with Crippen molar-refractivity contribution in [2.75, 3.05) is 0 Å². The van der Waals surface area contributed by atoms with Gasteiger partial charge in [0.15, 0.2) is 11.6 Å². The first-order chi connectivity index (χ1) is 8.13. The Bertz CT molecular complexity index is 422. The number of benzene rings is 1. The molecule has 0 nitrogen and oxygen atoms in total. The first-order valence-corrected chi connectivity index (χ1v) is 6.65. The minimum atomic E-state index is -0.790. The Labute approximate surface area is 105 Å². The van der Waals surface area contributed by atoms with Crippen molar-refractivity contribution in [2.45, 2.75) is 31.1 Å². The summed E-state index contributed by atoms with van der Waals surface area (Å²) in [6, 6.07) is 4.07. The average molecular weight is 257 g/mol. The van der Waals surface area contributed by atoms with Gasteiger partial charge in [-0.2, -0.15) is 0 Å². The summed E-state index contributed by atoms with van der Waals surface area (Å²) in [5, 5.41) is 0.0626. The SMILES string of the molecule is Fc1ccc(CC(Cl)C2CC3CC3C2)cc1F. The zero-order valence-corrected chi connectivity index (χ0v) is 10.3.